The minimum Gasteiger partial charge on any atom is -0.329 e. The predicted octanol–water partition coefficient (Wildman–Crippen LogP) is 3.66. The lowest BCUT2D eigenvalue weighted by atomic mass is 10.1. The summed E-state index contributed by atoms with van der Waals surface area (Å²) < 4.78 is 12.8. The molecule has 1 amide bonds. The highest BCUT2D eigenvalue weighted by Crippen LogP contribution is 2.12. The van der Waals surface area contributed by atoms with Gasteiger partial charge in [-0.25, -0.2) is 4.39 Å². The second-order valence-corrected chi connectivity index (χ2v) is 5.09. The number of halogens is 3. The maximum absolute atomic E-state index is 12.8. The molecule has 2 aromatic carbocycles. The summed E-state index contributed by atoms with van der Waals surface area (Å²) >= 11 is 11.7. The first-order chi connectivity index (χ1) is 9.97. The third kappa shape index (κ3) is 4.03. The molecule has 1 atom stereocenters. The van der Waals surface area contributed by atoms with E-state index in [-0.39, 0.29) is 5.56 Å². The van der Waals surface area contributed by atoms with Crippen molar-refractivity contribution < 1.29 is 14.0 Å². The van der Waals surface area contributed by atoms with Crippen LogP contribution in [0, 0.1) is 5.82 Å². The van der Waals surface area contributed by atoms with Gasteiger partial charge in [0.05, 0.1) is 0 Å². The smallest absolute Gasteiger partial charge is 0.252 e. The number of alkyl halides is 1. The summed E-state index contributed by atoms with van der Waals surface area (Å²) in [4.78, 5) is 23.9. The molecule has 0 saturated carbocycles. The van der Waals surface area contributed by atoms with E-state index in [0.29, 0.717) is 10.6 Å². The summed E-state index contributed by atoms with van der Waals surface area (Å²) in [5.41, 5.74) is -0.746. The first-order valence-electron chi connectivity index (χ1n) is 5.97. The molecule has 1 N–H and O–H groups in total. The van der Waals surface area contributed by atoms with Crippen LogP contribution in [0.3, 0.4) is 0 Å². The molecule has 0 radical (unpaired) electrons. The molecule has 2 aromatic rings. The molecule has 0 heterocycles. The van der Waals surface area contributed by atoms with Gasteiger partial charge in [0.15, 0.2) is 11.3 Å². The molecule has 0 fully saturated rings. The SMILES string of the molecule is O=C(NC(Cl)C(=O)c1ccc(F)cc1)c1cccc(Cl)c1. The lowest BCUT2D eigenvalue weighted by molar-refractivity contribution is 0.0889. The fourth-order valence-electron chi connectivity index (χ4n) is 1.65. The van der Waals surface area contributed by atoms with E-state index in [0.717, 1.165) is 12.1 Å². The number of ketones is 1. The highest BCUT2D eigenvalue weighted by molar-refractivity contribution is 6.35. The van der Waals surface area contributed by atoms with Gasteiger partial charge < -0.3 is 5.32 Å². The van der Waals surface area contributed by atoms with Crippen molar-refractivity contribution in [1.82, 2.24) is 5.32 Å². The van der Waals surface area contributed by atoms with Crippen molar-refractivity contribution in [2.24, 2.45) is 0 Å². The molecule has 0 aliphatic heterocycles. The Morgan fingerprint density at radius 2 is 1.71 bits per heavy atom. The van der Waals surface area contributed by atoms with E-state index in [2.05, 4.69) is 5.32 Å². The van der Waals surface area contributed by atoms with Crippen LogP contribution in [0.2, 0.25) is 5.02 Å². The third-order valence-electron chi connectivity index (χ3n) is 2.70. The molecular formula is C15H10Cl2FNO2. The van der Waals surface area contributed by atoms with Crippen molar-refractivity contribution in [2.75, 3.05) is 0 Å². The van der Waals surface area contributed by atoms with Crippen LogP contribution in [0.15, 0.2) is 48.5 Å². The van der Waals surface area contributed by atoms with E-state index in [1.807, 2.05) is 0 Å². The normalized spacial score (nSPS) is 11.8. The van der Waals surface area contributed by atoms with Gasteiger partial charge in [0.2, 0.25) is 0 Å². The number of rotatable bonds is 4. The van der Waals surface area contributed by atoms with Gasteiger partial charge in [-0.05, 0) is 42.5 Å². The van der Waals surface area contributed by atoms with Crippen LogP contribution in [0.1, 0.15) is 20.7 Å². The molecule has 0 bridgehead atoms. The lowest BCUT2D eigenvalue weighted by Crippen LogP contribution is -2.36. The van der Waals surface area contributed by atoms with Crippen LogP contribution >= 0.6 is 23.2 Å². The van der Waals surface area contributed by atoms with E-state index in [1.54, 1.807) is 18.2 Å². The summed E-state index contributed by atoms with van der Waals surface area (Å²) in [5, 5.41) is 2.76. The van der Waals surface area contributed by atoms with Crippen molar-refractivity contribution in [3.8, 4) is 0 Å². The monoisotopic (exact) mass is 325 g/mol. The van der Waals surface area contributed by atoms with E-state index < -0.39 is 23.0 Å². The van der Waals surface area contributed by atoms with Crippen molar-refractivity contribution in [2.45, 2.75) is 5.50 Å². The van der Waals surface area contributed by atoms with Crippen molar-refractivity contribution >= 4 is 34.9 Å². The van der Waals surface area contributed by atoms with E-state index in [1.165, 1.54) is 18.2 Å². The Morgan fingerprint density at radius 1 is 1.05 bits per heavy atom. The van der Waals surface area contributed by atoms with Crippen LogP contribution in [0.25, 0.3) is 0 Å². The Balaban J connectivity index is 2.07. The Labute approximate surface area is 130 Å². The number of hydrogen-bond donors (Lipinski definition) is 1. The molecule has 0 spiro atoms. The standard InChI is InChI=1S/C15H10Cl2FNO2/c16-11-3-1-2-10(8-11)15(21)19-14(17)13(20)9-4-6-12(18)7-5-9/h1-8,14H,(H,19,21). The second kappa shape index (κ2) is 6.70. The van der Waals surface area contributed by atoms with Crippen LogP contribution < -0.4 is 5.32 Å². The van der Waals surface area contributed by atoms with Gasteiger partial charge in [-0.1, -0.05) is 29.3 Å². The van der Waals surface area contributed by atoms with Gasteiger partial charge in [-0.15, -0.1) is 0 Å². The number of benzene rings is 2. The van der Waals surface area contributed by atoms with Crippen LogP contribution in [-0.4, -0.2) is 17.2 Å². The number of amides is 1. The molecule has 0 aliphatic carbocycles. The van der Waals surface area contributed by atoms with E-state index in [4.69, 9.17) is 23.2 Å². The molecule has 6 heteroatoms. The highest BCUT2D eigenvalue weighted by atomic mass is 35.5. The summed E-state index contributed by atoms with van der Waals surface area (Å²) in [6.45, 7) is 0. The molecule has 2 rings (SSSR count). The van der Waals surface area contributed by atoms with Gasteiger partial charge in [0.1, 0.15) is 5.82 Å². The first kappa shape index (κ1) is 15.5. The average Bonchev–Trinajstić information content (AvgIpc) is 2.47. The molecule has 1 unspecified atom stereocenters. The maximum atomic E-state index is 12.8. The fourth-order valence-corrected chi connectivity index (χ4v) is 2.07. The van der Waals surface area contributed by atoms with E-state index in [9.17, 15) is 14.0 Å². The zero-order valence-corrected chi connectivity index (χ0v) is 12.2. The first-order valence-corrected chi connectivity index (χ1v) is 6.79. The Hall–Kier alpha value is -1.91. The molecule has 3 nitrogen and oxygen atoms in total. The summed E-state index contributed by atoms with van der Waals surface area (Å²) in [6, 6.07) is 11.2. The fraction of sp³-hybridized carbons (Fsp3) is 0.0667. The maximum Gasteiger partial charge on any atom is 0.252 e. The summed E-state index contributed by atoms with van der Waals surface area (Å²) in [5.74, 6) is -1.50. The van der Waals surface area contributed by atoms with Gasteiger partial charge in [-0.2, -0.15) is 0 Å². The highest BCUT2D eigenvalue weighted by Gasteiger charge is 2.20. The quantitative estimate of drug-likeness (QED) is 0.529. The Bertz CT molecular complexity index is 674. The molecule has 108 valence electrons. The molecule has 21 heavy (non-hydrogen) atoms. The molecular weight excluding hydrogens is 316 g/mol. The number of carbonyl (C=O) groups is 2. The van der Waals surface area contributed by atoms with Gasteiger partial charge >= 0.3 is 0 Å². The van der Waals surface area contributed by atoms with Crippen LogP contribution in [0.4, 0.5) is 4.39 Å². The van der Waals surface area contributed by atoms with Crippen molar-refractivity contribution in [1.29, 1.82) is 0 Å². The summed E-state index contributed by atoms with van der Waals surface area (Å²) in [6.07, 6.45) is 0. The van der Waals surface area contributed by atoms with Gasteiger partial charge in [0, 0.05) is 16.1 Å². The number of Topliss-reactive ketones (excluding diaryl/α,β-unsaturated/α-hetero) is 1. The van der Waals surface area contributed by atoms with Crippen molar-refractivity contribution in [3.63, 3.8) is 0 Å². The molecule has 0 aliphatic rings. The third-order valence-corrected chi connectivity index (χ3v) is 3.25. The zero-order valence-electron chi connectivity index (χ0n) is 10.6. The molecule has 0 saturated heterocycles. The average molecular weight is 326 g/mol. The minimum atomic E-state index is -1.25. The molecule has 0 aromatic heterocycles. The minimum absolute atomic E-state index is 0.211. The van der Waals surface area contributed by atoms with Gasteiger partial charge in [0.25, 0.3) is 5.91 Å². The van der Waals surface area contributed by atoms with Crippen LogP contribution in [0.5, 0.6) is 0 Å². The second-order valence-electron chi connectivity index (χ2n) is 4.22. The number of carbonyl (C=O) groups excluding carboxylic acids is 2. The summed E-state index contributed by atoms with van der Waals surface area (Å²) in [7, 11) is 0. The zero-order chi connectivity index (χ0) is 15.4. The largest absolute Gasteiger partial charge is 0.329 e. The number of hydrogen-bond acceptors (Lipinski definition) is 2. The van der Waals surface area contributed by atoms with Crippen LogP contribution in [-0.2, 0) is 0 Å². The van der Waals surface area contributed by atoms with Crippen molar-refractivity contribution in [3.05, 3.63) is 70.5 Å². The number of nitrogens with one attached hydrogen (secondary N) is 1. The predicted molar refractivity (Wildman–Crippen MR) is 79.3 cm³/mol. The van der Waals surface area contributed by atoms with E-state index >= 15 is 0 Å². The Kier molecular flexibility index (Phi) is 4.94. The Morgan fingerprint density at radius 3 is 2.33 bits per heavy atom. The van der Waals surface area contributed by atoms with Gasteiger partial charge in [-0.3, -0.25) is 9.59 Å². The topological polar surface area (TPSA) is 46.2 Å². The lowest BCUT2D eigenvalue weighted by Gasteiger charge is -2.11.